The zero-order valence-corrected chi connectivity index (χ0v) is 13.5. The normalized spacial score (nSPS) is 24.2. The summed E-state index contributed by atoms with van der Waals surface area (Å²) in [6, 6.07) is 3.95. The van der Waals surface area contributed by atoms with Crippen molar-refractivity contribution in [3.8, 4) is 0 Å². The Morgan fingerprint density at radius 1 is 1.19 bits per heavy atom. The Labute approximate surface area is 126 Å². The van der Waals surface area contributed by atoms with Crippen LogP contribution in [0.1, 0.15) is 24.0 Å². The minimum Gasteiger partial charge on any atom is -0.398 e. The topological polar surface area (TPSA) is 66.6 Å². The number of anilines is 1. The van der Waals surface area contributed by atoms with Gasteiger partial charge in [0.2, 0.25) is 10.0 Å². The van der Waals surface area contributed by atoms with Gasteiger partial charge in [-0.3, -0.25) is 4.90 Å². The molecule has 2 N–H and O–H groups in total. The highest BCUT2D eigenvalue weighted by molar-refractivity contribution is 7.89. The molecule has 0 amide bonds. The van der Waals surface area contributed by atoms with Gasteiger partial charge in [0, 0.05) is 31.4 Å². The number of piperazine rings is 1. The smallest absolute Gasteiger partial charge is 0.243 e. The fraction of sp³-hybridized carbons (Fsp3) is 0.600. The van der Waals surface area contributed by atoms with E-state index in [1.54, 1.807) is 17.3 Å². The van der Waals surface area contributed by atoms with E-state index in [0.29, 0.717) is 35.3 Å². The van der Waals surface area contributed by atoms with Crippen molar-refractivity contribution in [2.24, 2.45) is 0 Å². The highest BCUT2D eigenvalue weighted by Crippen LogP contribution is 2.29. The average molecular weight is 309 g/mol. The highest BCUT2D eigenvalue weighted by atomic mass is 32.2. The summed E-state index contributed by atoms with van der Waals surface area (Å²) in [6.45, 7) is 6.79. The quantitative estimate of drug-likeness (QED) is 0.838. The molecule has 0 aromatic heterocycles. The molecule has 2 fully saturated rings. The molecule has 116 valence electrons. The first kappa shape index (κ1) is 14.8. The third-order valence-electron chi connectivity index (χ3n) is 4.71. The average Bonchev–Trinajstić information content (AvgIpc) is 2.89. The van der Waals surface area contributed by atoms with Gasteiger partial charge in [0.25, 0.3) is 0 Å². The molecule has 1 unspecified atom stereocenters. The molecule has 1 aromatic rings. The molecule has 1 atom stereocenters. The van der Waals surface area contributed by atoms with Crippen molar-refractivity contribution in [3.63, 3.8) is 0 Å². The second-order valence-electron chi connectivity index (χ2n) is 6.17. The van der Waals surface area contributed by atoms with E-state index in [2.05, 4.69) is 4.90 Å². The zero-order chi connectivity index (χ0) is 15.2. The number of hydrogen-bond acceptors (Lipinski definition) is 4. The lowest BCUT2D eigenvalue weighted by Crippen LogP contribution is -2.52. The van der Waals surface area contributed by atoms with Crippen LogP contribution in [0.15, 0.2) is 17.0 Å². The van der Waals surface area contributed by atoms with E-state index in [0.717, 1.165) is 25.1 Å². The molecular weight excluding hydrogens is 286 g/mol. The molecular formula is C15H23N3O2S. The predicted molar refractivity (Wildman–Crippen MR) is 83.7 cm³/mol. The number of sulfonamides is 1. The first-order valence-electron chi connectivity index (χ1n) is 7.50. The Bertz CT molecular complexity index is 657. The molecule has 2 heterocycles. The molecule has 0 bridgehead atoms. The number of nitrogens with zero attached hydrogens (tertiary/aromatic N) is 2. The van der Waals surface area contributed by atoms with Crippen molar-refractivity contribution in [2.75, 3.05) is 31.9 Å². The number of fused-ring (bicyclic) bond motifs is 1. The van der Waals surface area contributed by atoms with E-state index < -0.39 is 10.0 Å². The predicted octanol–water partition coefficient (Wildman–Crippen LogP) is 1.35. The largest absolute Gasteiger partial charge is 0.398 e. The number of hydrogen-bond donors (Lipinski definition) is 1. The van der Waals surface area contributed by atoms with Gasteiger partial charge in [-0.25, -0.2) is 8.42 Å². The first-order valence-corrected chi connectivity index (χ1v) is 8.94. The Hall–Kier alpha value is -1.11. The fourth-order valence-electron chi connectivity index (χ4n) is 3.44. The summed E-state index contributed by atoms with van der Waals surface area (Å²) < 4.78 is 27.5. The Morgan fingerprint density at radius 2 is 1.95 bits per heavy atom. The molecule has 0 radical (unpaired) electrons. The summed E-state index contributed by atoms with van der Waals surface area (Å²) in [5.74, 6) is 0. The summed E-state index contributed by atoms with van der Waals surface area (Å²) in [5.41, 5.74) is 8.04. The Balaban J connectivity index is 1.94. The van der Waals surface area contributed by atoms with Crippen LogP contribution >= 0.6 is 0 Å². The van der Waals surface area contributed by atoms with Gasteiger partial charge in [-0.1, -0.05) is 0 Å². The maximum absolute atomic E-state index is 13.0. The summed E-state index contributed by atoms with van der Waals surface area (Å²) in [5, 5.41) is 0. The van der Waals surface area contributed by atoms with E-state index in [4.69, 9.17) is 5.73 Å². The maximum atomic E-state index is 13.0. The molecule has 2 aliphatic heterocycles. The molecule has 0 saturated carbocycles. The van der Waals surface area contributed by atoms with Crippen LogP contribution in [0.25, 0.3) is 0 Å². The third kappa shape index (κ3) is 2.56. The summed E-state index contributed by atoms with van der Waals surface area (Å²) in [4.78, 5) is 2.77. The molecule has 3 rings (SSSR count). The zero-order valence-electron chi connectivity index (χ0n) is 12.7. The standard InChI is InChI=1S/C15H23N3O2S/c1-11-8-14(16)12(2)15(9-11)21(19,20)18-7-6-17-5-3-4-13(17)10-18/h8-9,13H,3-7,10,16H2,1-2H3. The summed E-state index contributed by atoms with van der Waals surface area (Å²) >= 11 is 0. The number of nitrogen functional groups attached to an aromatic ring is 1. The van der Waals surface area contributed by atoms with Crippen LogP contribution < -0.4 is 5.73 Å². The van der Waals surface area contributed by atoms with E-state index >= 15 is 0 Å². The monoisotopic (exact) mass is 309 g/mol. The SMILES string of the molecule is Cc1cc(N)c(C)c(S(=O)(=O)N2CCN3CCCC3C2)c1. The Morgan fingerprint density at radius 3 is 2.71 bits per heavy atom. The molecule has 2 aliphatic rings. The number of aryl methyl sites for hydroxylation is 1. The lowest BCUT2D eigenvalue weighted by Gasteiger charge is -2.36. The number of rotatable bonds is 2. The third-order valence-corrected chi connectivity index (χ3v) is 6.70. The van der Waals surface area contributed by atoms with Crippen molar-refractivity contribution >= 4 is 15.7 Å². The van der Waals surface area contributed by atoms with Crippen LogP contribution in [0.5, 0.6) is 0 Å². The van der Waals surface area contributed by atoms with Gasteiger partial charge in [0.1, 0.15) is 0 Å². The van der Waals surface area contributed by atoms with Crippen molar-refractivity contribution in [1.82, 2.24) is 9.21 Å². The lowest BCUT2D eigenvalue weighted by atomic mass is 10.1. The fourth-order valence-corrected chi connectivity index (χ4v) is 5.25. The van der Waals surface area contributed by atoms with E-state index in [1.165, 1.54) is 6.42 Å². The van der Waals surface area contributed by atoms with Gasteiger partial charge in [0.15, 0.2) is 0 Å². The lowest BCUT2D eigenvalue weighted by molar-refractivity contribution is 0.158. The van der Waals surface area contributed by atoms with E-state index in [1.807, 2.05) is 13.0 Å². The van der Waals surface area contributed by atoms with Crippen LogP contribution in [-0.2, 0) is 10.0 Å². The van der Waals surface area contributed by atoms with E-state index in [9.17, 15) is 8.42 Å². The first-order chi connectivity index (χ1) is 9.89. The van der Waals surface area contributed by atoms with Gasteiger partial charge in [-0.05, 0) is 56.5 Å². The van der Waals surface area contributed by atoms with Gasteiger partial charge < -0.3 is 5.73 Å². The second-order valence-corrected chi connectivity index (χ2v) is 8.08. The molecule has 21 heavy (non-hydrogen) atoms. The van der Waals surface area contributed by atoms with Gasteiger partial charge in [-0.2, -0.15) is 4.31 Å². The summed E-state index contributed by atoms with van der Waals surface area (Å²) in [6.07, 6.45) is 2.27. The minimum atomic E-state index is -3.45. The second kappa shape index (κ2) is 5.26. The van der Waals surface area contributed by atoms with Crippen LogP contribution in [0, 0.1) is 13.8 Å². The van der Waals surface area contributed by atoms with Gasteiger partial charge in [0.05, 0.1) is 4.90 Å². The van der Waals surface area contributed by atoms with Crippen LogP contribution in [0.2, 0.25) is 0 Å². The van der Waals surface area contributed by atoms with Crippen molar-refractivity contribution in [1.29, 1.82) is 0 Å². The van der Waals surface area contributed by atoms with E-state index in [-0.39, 0.29) is 0 Å². The van der Waals surface area contributed by atoms with Crippen LogP contribution in [-0.4, -0.2) is 49.8 Å². The summed E-state index contributed by atoms with van der Waals surface area (Å²) in [7, 11) is -3.45. The highest BCUT2D eigenvalue weighted by Gasteiger charge is 2.36. The van der Waals surface area contributed by atoms with Crippen molar-refractivity contribution in [3.05, 3.63) is 23.3 Å². The van der Waals surface area contributed by atoms with Gasteiger partial charge in [-0.15, -0.1) is 0 Å². The van der Waals surface area contributed by atoms with Gasteiger partial charge >= 0.3 is 0 Å². The maximum Gasteiger partial charge on any atom is 0.243 e. The van der Waals surface area contributed by atoms with Crippen molar-refractivity contribution in [2.45, 2.75) is 37.6 Å². The number of nitrogens with two attached hydrogens (primary N) is 1. The molecule has 6 heteroatoms. The molecule has 1 aromatic carbocycles. The Kier molecular flexibility index (Phi) is 3.71. The van der Waals surface area contributed by atoms with Crippen LogP contribution in [0.3, 0.4) is 0 Å². The van der Waals surface area contributed by atoms with Crippen LogP contribution in [0.4, 0.5) is 5.69 Å². The number of benzene rings is 1. The molecule has 5 nitrogen and oxygen atoms in total. The minimum absolute atomic E-state index is 0.367. The molecule has 0 aliphatic carbocycles. The molecule has 0 spiro atoms. The van der Waals surface area contributed by atoms with Crippen molar-refractivity contribution < 1.29 is 8.42 Å². The molecule has 2 saturated heterocycles.